The summed E-state index contributed by atoms with van der Waals surface area (Å²) in [5.74, 6) is 3.38. The maximum absolute atomic E-state index is 5.45. The van der Waals surface area contributed by atoms with Crippen LogP contribution in [0.4, 0.5) is 0 Å². The van der Waals surface area contributed by atoms with Crippen molar-refractivity contribution in [1.29, 1.82) is 0 Å². The first-order valence-corrected chi connectivity index (χ1v) is 10.2. The summed E-state index contributed by atoms with van der Waals surface area (Å²) in [6.45, 7) is 6.59. The van der Waals surface area contributed by atoms with Crippen molar-refractivity contribution in [3.05, 3.63) is 47.7 Å². The van der Waals surface area contributed by atoms with Crippen molar-refractivity contribution < 1.29 is 4.52 Å². The van der Waals surface area contributed by atoms with Gasteiger partial charge >= 0.3 is 0 Å². The first-order chi connectivity index (χ1) is 13.1. The molecule has 3 aromatic rings. The number of rotatable bonds is 4. The molecule has 142 valence electrons. The van der Waals surface area contributed by atoms with Crippen LogP contribution in [0.2, 0.25) is 0 Å². The molecule has 5 nitrogen and oxygen atoms in total. The summed E-state index contributed by atoms with van der Waals surface area (Å²) in [5.41, 5.74) is 3.12. The zero-order valence-corrected chi connectivity index (χ0v) is 16.2. The second kappa shape index (κ2) is 6.48. The molecule has 2 atom stereocenters. The lowest BCUT2D eigenvalue weighted by atomic mass is 9.50. The van der Waals surface area contributed by atoms with Gasteiger partial charge < -0.3 is 14.8 Å². The Morgan fingerprint density at radius 2 is 2.15 bits per heavy atom. The Balaban J connectivity index is 1.33. The maximum atomic E-state index is 5.45. The minimum Gasteiger partial charge on any atom is -0.361 e. The SMILES string of the molecule is Cc1noc(C2CC3(CCNCC3[C@@H](C)Cc3c[nH]c4ccccc34)C2)n1. The van der Waals surface area contributed by atoms with Crippen molar-refractivity contribution in [1.82, 2.24) is 20.4 Å². The fourth-order valence-electron chi connectivity index (χ4n) is 5.67. The molecule has 2 fully saturated rings. The highest BCUT2D eigenvalue weighted by molar-refractivity contribution is 5.83. The molecule has 0 radical (unpaired) electrons. The highest BCUT2D eigenvalue weighted by atomic mass is 16.5. The van der Waals surface area contributed by atoms with Crippen LogP contribution in [-0.2, 0) is 6.42 Å². The standard InChI is InChI=1S/C22H28N4O/c1-14(9-16-12-24-20-6-4-3-5-18(16)20)19-13-23-8-7-22(19)10-17(11-22)21-25-15(2)26-27-21/h3-6,12,14,17,19,23-24H,7-11,13H2,1-2H3/t14-,17?,19?,22?/m0/s1. The van der Waals surface area contributed by atoms with E-state index < -0.39 is 0 Å². The zero-order valence-electron chi connectivity index (χ0n) is 16.2. The number of aryl methyl sites for hydroxylation is 1. The van der Waals surface area contributed by atoms with Gasteiger partial charge in [-0.3, -0.25) is 0 Å². The molecule has 1 aromatic carbocycles. The van der Waals surface area contributed by atoms with Crippen molar-refractivity contribution in [2.45, 2.75) is 45.4 Å². The minimum absolute atomic E-state index is 0.434. The molecule has 1 aliphatic carbocycles. The number of H-pyrrole nitrogens is 1. The number of nitrogens with zero attached hydrogens (tertiary/aromatic N) is 2. The minimum atomic E-state index is 0.434. The third-order valence-electron chi connectivity index (χ3n) is 7.05. The zero-order chi connectivity index (χ0) is 18.4. The summed E-state index contributed by atoms with van der Waals surface area (Å²) in [7, 11) is 0. The van der Waals surface area contributed by atoms with E-state index >= 15 is 0 Å². The number of para-hydroxylation sites is 1. The fraction of sp³-hybridized carbons (Fsp3) is 0.545. The van der Waals surface area contributed by atoms with Crippen LogP contribution in [0.1, 0.15) is 49.4 Å². The van der Waals surface area contributed by atoms with E-state index in [1.54, 1.807) is 0 Å². The van der Waals surface area contributed by atoms with E-state index in [1.165, 1.54) is 35.7 Å². The van der Waals surface area contributed by atoms with Gasteiger partial charge in [0.05, 0.1) is 0 Å². The number of benzene rings is 1. The van der Waals surface area contributed by atoms with Gasteiger partial charge in [-0.25, -0.2) is 0 Å². The smallest absolute Gasteiger partial charge is 0.229 e. The molecule has 2 aliphatic rings. The lowest BCUT2D eigenvalue weighted by Gasteiger charge is -2.56. The van der Waals surface area contributed by atoms with Crippen molar-refractivity contribution >= 4 is 10.9 Å². The van der Waals surface area contributed by atoms with Gasteiger partial charge in [-0.05, 0) is 74.6 Å². The largest absolute Gasteiger partial charge is 0.361 e. The average Bonchev–Trinajstić information content (AvgIpc) is 3.26. The summed E-state index contributed by atoms with van der Waals surface area (Å²) in [6, 6.07) is 8.63. The predicted molar refractivity (Wildman–Crippen MR) is 106 cm³/mol. The highest BCUT2D eigenvalue weighted by Crippen LogP contribution is 2.59. The molecule has 2 N–H and O–H groups in total. The Morgan fingerprint density at radius 3 is 2.96 bits per heavy atom. The average molecular weight is 364 g/mol. The van der Waals surface area contributed by atoms with E-state index in [1.807, 2.05) is 6.92 Å². The summed E-state index contributed by atoms with van der Waals surface area (Å²) in [6.07, 6.45) is 6.98. The molecule has 1 saturated carbocycles. The van der Waals surface area contributed by atoms with Gasteiger partial charge in [-0.2, -0.15) is 4.98 Å². The third-order valence-corrected chi connectivity index (χ3v) is 7.05. The summed E-state index contributed by atoms with van der Waals surface area (Å²) in [4.78, 5) is 7.91. The Labute approximate surface area is 159 Å². The van der Waals surface area contributed by atoms with Crippen molar-refractivity contribution in [3.63, 3.8) is 0 Å². The number of hydrogen-bond donors (Lipinski definition) is 2. The van der Waals surface area contributed by atoms with Crippen LogP contribution in [0.15, 0.2) is 35.0 Å². The van der Waals surface area contributed by atoms with Crippen molar-refractivity contribution in [2.75, 3.05) is 13.1 Å². The van der Waals surface area contributed by atoms with Crippen LogP contribution in [0.25, 0.3) is 10.9 Å². The third kappa shape index (κ3) is 2.89. The maximum Gasteiger partial charge on any atom is 0.229 e. The molecule has 27 heavy (non-hydrogen) atoms. The van der Waals surface area contributed by atoms with Crippen molar-refractivity contribution in [2.24, 2.45) is 17.3 Å². The monoisotopic (exact) mass is 364 g/mol. The van der Waals surface area contributed by atoms with Crippen LogP contribution in [0.3, 0.4) is 0 Å². The number of piperidine rings is 1. The molecule has 1 saturated heterocycles. The molecule has 0 bridgehead atoms. The van der Waals surface area contributed by atoms with E-state index in [0.29, 0.717) is 23.2 Å². The number of nitrogens with one attached hydrogen (secondary N) is 2. The molecule has 5 rings (SSSR count). The first kappa shape index (κ1) is 17.0. The predicted octanol–water partition coefficient (Wildman–Crippen LogP) is 4.21. The first-order valence-electron chi connectivity index (χ1n) is 10.2. The fourth-order valence-corrected chi connectivity index (χ4v) is 5.67. The second-order valence-corrected chi connectivity index (χ2v) is 8.75. The number of fused-ring (bicyclic) bond motifs is 1. The van der Waals surface area contributed by atoms with Gasteiger partial charge in [0, 0.05) is 23.0 Å². The quantitative estimate of drug-likeness (QED) is 0.728. The summed E-state index contributed by atoms with van der Waals surface area (Å²) >= 11 is 0. The van der Waals surface area contributed by atoms with Gasteiger partial charge in [-0.15, -0.1) is 0 Å². The number of hydrogen-bond acceptors (Lipinski definition) is 4. The van der Waals surface area contributed by atoms with E-state index in [9.17, 15) is 0 Å². The topological polar surface area (TPSA) is 66.7 Å². The Morgan fingerprint density at radius 1 is 1.30 bits per heavy atom. The molecule has 0 amide bonds. The van der Waals surface area contributed by atoms with Gasteiger partial charge in [0.1, 0.15) is 0 Å². The molecular formula is C22H28N4O. The van der Waals surface area contributed by atoms with Gasteiger partial charge in [0.15, 0.2) is 5.82 Å². The Kier molecular flexibility index (Phi) is 4.08. The van der Waals surface area contributed by atoms with Gasteiger partial charge in [0.25, 0.3) is 0 Å². The summed E-state index contributed by atoms with van der Waals surface area (Å²) in [5, 5.41) is 9.01. The molecule has 1 unspecified atom stereocenters. The second-order valence-electron chi connectivity index (χ2n) is 8.75. The molecule has 2 aromatic heterocycles. The van der Waals surface area contributed by atoms with Gasteiger partial charge in [-0.1, -0.05) is 30.3 Å². The Hall–Kier alpha value is -2.14. The Bertz CT molecular complexity index is 937. The van der Waals surface area contributed by atoms with E-state index in [4.69, 9.17) is 4.52 Å². The molecule has 1 spiro atoms. The molecule has 5 heteroatoms. The van der Waals surface area contributed by atoms with Gasteiger partial charge in [0.2, 0.25) is 5.89 Å². The van der Waals surface area contributed by atoms with E-state index in [2.05, 4.69) is 57.8 Å². The van der Waals surface area contributed by atoms with E-state index in [-0.39, 0.29) is 0 Å². The van der Waals surface area contributed by atoms with Crippen LogP contribution in [-0.4, -0.2) is 28.2 Å². The number of aromatic nitrogens is 3. The van der Waals surface area contributed by atoms with Crippen molar-refractivity contribution in [3.8, 4) is 0 Å². The van der Waals surface area contributed by atoms with Crippen LogP contribution in [0.5, 0.6) is 0 Å². The van der Waals surface area contributed by atoms with Crippen LogP contribution >= 0.6 is 0 Å². The van der Waals surface area contributed by atoms with Crippen LogP contribution < -0.4 is 5.32 Å². The van der Waals surface area contributed by atoms with E-state index in [0.717, 1.165) is 31.2 Å². The molecule has 3 heterocycles. The normalized spacial score (nSPS) is 29.1. The lowest BCUT2D eigenvalue weighted by Crippen LogP contribution is -2.54. The number of aromatic amines is 1. The lowest BCUT2D eigenvalue weighted by molar-refractivity contribution is -0.0359. The van der Waals surface area contributed by atoms with Crippen LogP contribution in [0, 0.1) is 24.2 Å². The summed E-state index contributed by atoms with van der Waals surface area (Å²) < 4.78 is 5.45. The highest BCUT2D eigenvalue weighted by Gasteiger charge is 2.53. The molecule has 1 aliphatic heterocycles. The molecular weight excluding hydrogens is 336 g/mol.